The van der Waals surface area contributed by atoms with Crippen molar-refractivity contribution in [1.82, 2.24) is 0 Å². The van der Waals surface area contributed by atoms with E-state index in [0.29, 0.717) is 11.1 Å². The molecule has 0 bridgehead atoms. The van der Waals surface area contributed by atoms with Crippen molar-refractivity contribution in [2.75, 3.05) is 7.11 Å². The highest BCUT2D eigenvalue weighted by atomic mass is 19.3. The maximum Gasteiger partial charge on any atom is 0.461 e. The van der Waals surface area contributed by atoms with Crippen molar-refractivity contribution in [3.63, 3.8) is 0 Å². The van der Waals surface area contributed by atoms with Crippen LogP contribution in [-0.4, -0.2) is 30.7 Å². The number of ether oxygens (including phenoxy) is 3. The van der Waals surface area contributed by atoms with Gasteiger partial charge in [0, 0.05) is 6.07 Å². The molecule has 0 aliphatic carbocycles. The molecule has 2 aromatic carbocycles. The second kappa shape index (κ2) is 9.12. The van der Waals surface area contributed by atoms with Crippen LogP contribution in [0.15, 0.2) is 54.8 Å². The smallest absolute Gasteiger partial charge is 0.461 e. The fraction of sp³-hybridized carbons (Fsp3) is 0.211. The molecule has 0 saturated heterocycles. The van der Waals surface area contributed by atoms with Gasteiger partial charge in [0.2, 0.25) is 0 Å². The molecule has 1 N–H and O–H groups in total. The molecular formula is C19H16F4O5. The number of methoxy groups -OCH3 is 1. The van der Waals surface area contributed by atoms with Gasteiger partial charge in [-0.15, -0.1) is 0 Å². The molecule has 0 atom stereocenters. The maximum atomic E-state index is 13.0. The van der Waals surface area contributed by atoms with Gasteiger partial charge in [0.25, 0.3) is 0 Å². The first kappa shape index (κ1) is 21.1. The third kappa shape index (κ3) is 5.38. The highest BCUT2D eigenvalue weighted by molar-refractivity contribution is 6.15. The van der Waals surface area contributed by atoms with Crippen LogP contribution in [0, 0.1) is 0 Å². The molecular weight excluding hydrogens is 384 g/mol. The average Bonchev–Trinajstić information content (AvgIpc) is 2.64. The number of carboxylic acid groups (broad SMARTS) is 1. The van der Waals surface area contributed by atoms with E-state index in [4.69, 9.17) is 9.47 Å². The van der Waals surface area contributed by atoms with Crippen LogP contribution in [0.1, 0.15) is 11.1 Å². The molecule has 0 fully saturated rings. The molecule has 0 amide bonds. The van der Waals surface area contributed by atoms with Crippen molar-refractivity contribution in [3.8, 4) is 11.5 Å². The number of carboxylic acids is 1. The summed E-state index contributed by atoms with van der Waals surface area (Å²) < 4.78 is 64.8. The molecule has 0 aliphatic rings. The lowest BCUT2D eigenvalue weighted by Gasteiger charge is -2.17. The van der Waals surface area contributed by atoms with Gasteiger partial charge in [-0.05, 0) is 23.3 Å². The third-order valence-corrected chi connectivity index (χ3v) is 3.48. The lowest BCUT2D eigenvalue weighted by molar-refractivity contribution is -0.253. The molecule has 2 rings (SSSR count). The zero-order valence-electron chi connectivity index (χ0n) is 14.6. The first-order chi connectivity index (χ1) is 13.2. The van der Waals surface area contributed by atoms with E-state index < -0.39 is 24.3 Å². The van der Waals surface area contributed by atoms with Crippen LogP contribution in [0.4, 0.5) is 17.6 Å². The monoisotopic (exact) mass is 400 g/mol. The summed E-state index contributed by atoms with van der Waals surface area (Å²) in [7, 11) is 1.31. The van der Waals surface area contributed by atoms with E-state index in [1.165, 1.54) is 19.2 Å². The Morgan fingerprint density at radius 1 is 1.14 bits per heavy atom. The topological polar surface area (TPSA) is 65.0 Å². The number of alkyl halides is 4. The predicted octanol–water partition coefficient (Wildman–Crippen LogP) is 4.57. The average molecular weight is 400 g/mol. The van der Waals surface area contributed by atoms with Crippen LogP contribution in [0.25, 0.3) is 5.57 Å². The summed E-state index contributed by atoms with van der Waals surface area (Å²) in [5.74, 6) is -1.63. The highest BCUT2D eigenvalue weighted by Gasteiger charge is 2.44. The fourth-order valence-corrected chi connectivity index (χ4v) is 2.25. The van der Waals surface area contributed by atoms with Crippen molar-refractivity contribution in [3.05, 3.63) is 65.9 Å². The molecule has 0 radical (unpaired) electrons. The Labute approximate surface area is 157 Å². The summed E-state index contributed by atoms with van der Waals surface area (Å²) in [5, 5.41) is 9.32. The van der Waals surface area contributed by atoms with Gasteiger partial charge in [-0.2, -0.15) is 17.6 Å². The standard InChI is InChI=1S/C19H16F4O5/c1-26-11-16(17(24)25)15-8-3-2-5-12(15)10-27-13-6-4-7-14(9-13)28-19(22,23)18(20)21/h2-9,11,18H,10H2,1H3,(H,24,25)/b16-11+. The number of hydrogen-bond acceptors (Lipinski definition) is 4. The molecule has 0 aromatic heterocycles. The Bertz CT molecular complexity index is 852. The van der Waals surface area contributed by atoms with Gasteiger partial charge >= 0.3 is 18.5 Å². The van der Waals surface area contributed by atoms with E-state index in [-0.39, 0.29) is 17.9 Å². The molecule has 5 nitrogen and oxygen atoms in total. The van der Waals surface area contributed by atoms with Crippen molar-refractivity contribution in [2.45, 2.75) is 19.1 Å². The van der Waals surface area contributed by atoms with Gasteiger partial charge in [0.15, 0.2) is 0 Å². The number of rotatable bonds is 9. The number of benzene rings is 2. The summed E-state index contributed by atoms with van der Waals surface area (Å²) in [5.41, 5.74) is 0.723. The first-order valence-electron chi connectivity index (χ1n) is 7.87. The van der Waals surface area contributed by atoms with Gasteiger partial charge in [-0.1, -0.05) is 30.3 Å². The molecule has 0 saturated carbocycles. The summed E-state index contributed by atoms with van der Waals surface area (Å²) in [6.07, 6.45) is -7.54. The zero-order chi connectivity index (χ0) is 20.7. The van der Waals surface area contributed by atoms with Gasteiger partial charge in [0.1, 0.15) is 23.7 Å². The second-order valence-electron chi connectivity index (χ2n) is 5.46. The van der Waals surface area contributed by atoms with Crippen molar-refractivity contribution >= 4 is 11.5 Å². The Kier molecular flexibility index (Phi) is 6.86. The van der Waals surface area contributed by atoms with E-state index in [9.17, 15) is 27.5 Å². The lowest BCUT2D eigenvalue weighted by atomic mass is 10.0. The minimum atomic E-state index is -4.63. The zero-order valence-corrected chi connectivity index (χ0v) is 14.6. The largest absolute Gasteiger partial charge is 0.503 e. The van der Waals surface area contributed by atoms with Crippen LogP contribution < -0.4 is 9.47 Å². The van der Waals surface area contributed by atoms with Gasteiger partial charge in [-0.3, -0.25) is 0 Å². The molecule has 0 aliphatic heterocycles. The Morgan fingerprint density at radius 2 is 1.82 bits per heavy atom. The Balaban J connectivity index is 2.19. The summed E-state index contributed by atoms with van der Waals surface area (Å²) in [4.78, 5) is 11.4. The van der Waals surface area contributed by atoms with Crippen molar-refractivity contribution in [1.29, 1.82) is 0 Å². The fourth-order valence-electron chi connectivity index (χ4n) is 2.25. The van der Waals surface area contributed by atoms with Gasteiger partial charge < -0.3 is 19.3 Å². The van der Waals surface area contributed by atoms with E-state index in [1.54, 1.807) is 24.3 Å². The van der Waals surface area contributed by atoms with Crippen LogP contribution in [0.3, 0.4) is 0 Å². The number of carbonyl (C=O) groups is 1. The molecule has 0 spiro atoms. The molecule has 0 heterocycles. The number of halogens is 4. The van der Waals surface area contributed by atoms with Crippen LogP contribution in [0.5, 0.6) is 11.5 Å². The second-order valence-corrected chi connectivity index (χ2v) is 5.46. The first-order valence-corrected chi connectivity index (χ1v) is 7.87. The van der Waals surface area contributed by atoms with Crippen LogP contribution in [-0.2, 0) is 16.1 Å². The van der Waals surface area contributed by atoms with E-state index in [0.717, 1.165) is 18.4 Å². The van der Waals surface area contributed by atoms with Gasteiger partial charge in [0.05, 0.1) is 13.4 Å². The molecule has 0 unspecified atom stereocenters. The summed E-state index contributed by atoms with van der Waals surface area (Å²) in [6.45, 7) is -0.112. The minimum Gasteiger partial charge on any atom is -0.503 e. The Hall–Kier alpha value is -3.23. The lowest BCUT2D eigenvalue weighted by Crippen LogP contribution is -2.33. The molecule has 28 heavy (non-hydrogen) atoms. The maximum absolute atomic E-state index is 13.0. The summed E-state index contributed by atoms with van der Waals surface area (Å²) >= 11 is 0. The van der Waals surface area contributed by atoms with Crippen molar-refractivity contribution in [2.24, 2.45) is 0 Å². The summed E-state index contributed by atoms with van der Waals surface area (Å²) in [6, 6.07) is 11.3. The number of hydrogen-bond donors (Lipinski definition) is 1. The highest BCUT2D eigenvalue weighted by Crippen LogP contribution is 2.30. The SMILES string of the molecule is CO/C=C(/C(=O)O)c1ccccc1COc1cccc(OC(F)(F)C(F)F)c1. The third-order valence-electron chi connectivity index (χ3n) is 3.48. The van der Waals surface area contributed by atoms with Crippen LogP contribution >= 0.6 is 0 Å². The van der Waals surface area contributed by atoms with E-state index in [2.05, 4.69) is 4.74 Å². The van der Waals surface area contributed by atoms with E-state index >= 15 is 0 Å². The normalized spacial score (nSPS) is 12.0. The molecule has 9 heteroatoms. The quantitative estimate of drug-likeness (QED) is 0.379. The molecule has 2 aromatic rings. The Morgan fingerprint density at radius 3 is 2.46 bits per heavy atom. The number of aliphatic carboxylic acids is 1. The van der Waals surface area contributed by atoms with Crippen LogP contribution in [0.2, 0.25) is 0 Å². The predicted molar refractivity (Wildman–Crippen MR) is 91.4 cm³/mol. The van der Waals surface area contributed by atoms with Gasteiger partial charge in [-0.25, -0.2) is 4.79 Å². The van der Waals surface area contributed by atoms with Crippen molar-refractivity contribution < 1.29 is 41.7 Å². The van der Waals surface area contributed by atoms with E-state index in [1.807, 2.05) is 0 Å². The minimum absolute atomic E-state index is 0.0740. The molecule has 150 valence electrons.